The Labute approximate surface area is 138 Å². The fourth-order valence-electron chi connectivity index (χ4n) is 2.67. The molecule has 0 amide bonds. The van der Waals surface area contributed by atoms with Gasteiger partial charge < -0.3 is 4.90 Å². The molecule has 1 aliphatic heterocycles. The van der Waals surface area contributed by atoms with E-state index in [-0.39, 0.29) is 18.9 Å². The second-order valence-corrected chi connectivity index (χ2v) is 7.41. The van der Waals surface area contributed by atoms with Gasteiger partial charge in [0, 0.05) is 37.9 Å². The maximum absolute atomic E-state index is 13.3. The zero-order valence-corrected chi connectivity index (χ0v) is 13.4. The Kier molecular flexibility index (Phi) is 4.51. The first-order valence-electron chi connectivity index (χ1n) is 7.33. The molecule has 1 aliphatic rings. The summed E-state index contributed by atoms with van der Waals surface area (Å²) in [6.45, 7) is 1.17. The lowest BCUT2D eigenvalue weighted by molar-refractivity contribution is 0.384. The summed E-state index contributed by atoms with van der Waals surface area (Å²) in [6.07, 6.45) is 0. The predicted molar refractivity (Wildman–Crippen MR) is 83.7 cm³/mol. The number of rotatable bonds is 3. The molecule has 2 aromatic rings. The third-order valence-corrected chi connectivity index (χ3v) is 5.78. The molecule has 8 heteroatoms. The number of piperazine rings is 1. The van der Waals surface area contributed by atoms with Crippen molar-refractivity contribution in [1.29, 1.82) is 0 Å². The van der Waals surface area contributed by atoms with E-state index in [1.54, 1.807) is 12.1 Å². The minimum atomic E-state index is -3.95. The van der Waals surface area contributed by atoms with Gasteiger partial charge in [0.25, 0.3) is 0 Å². The summed E-state index contributed by atoms with van der Waals surface area (Å²) in [6, 6.07) is 8.19. The molecule has 0 aromatic heterocycles. The van der Waals surface area contributed by atoms with E-state index in [1.165, 1.54) is 16.4 Å². The first-order chi connectivity index (χ1) is 11.4. The van der Waals surface area contributed by atoms with Crippen molar-refractivity contribution in [1.82, 2.24) is 4.31 Å². The standard InChI is InChI=1S/C16H15F3N2O2S/c17-12-1-3-15(4-2-12)20-5-7-21(8-6-20)24(22,23)16-10-13(18)9-14(19)11-16/h1-4,9-11H,5-8H2. The number of sulfonamides is 1. The Morgan fingerprint density at radius 2 is 1.29 bits per heavy atom. The molecule has 3 rings (SSSR count). The quantitative estimate of drug-likeness (QED) is 0.849. The topological polar surface area (TPSA) is 40.6 Å². The number of nitrogens with zero attached hydrogens (tertiary/aromatic N) is 2. The minimum Gasteiger partial charge on any atom is -0.369 e. The highest BCUT2D eigenvalue weighted by molar-refractivity contribution is 7.89. The van der Waals surface area contributed by atoms with E-state index in [2.05, 4.69) is 0 Å². The van der Waals surface area contributed by atoms with Gasteiger partial charge in [0.05, 0.1) is 4.90 Å². The molecular weight excluding hydrogens is 341 g/mol. The highest BCUT2D eigenvalue weighted by Crippen LogP contribution is 2.22. The maximum atomic E-state index is 13.3. The number of anilines is 1. The monoisotopic (exact) mass is 356 g/mol. The number of benzene rings is 2. The molecule has 0 unspecified atom stereocenters. The van der Waals surface area contributed by atoms with Gasteiger partial charge in [-0.1, -0.05) is 0 Å². The van der Waals surface area contributed by atoms with Gasteiger partial charge in [-0.3, -0.25) is 0 Å². The van der Waals surface area contributed by atoms with Gasteiger partial charge in [-0.15, -0.1) is 0 Å². The van der Waals surface area contributed by atoms with Gasteiger partial charge in [-0.25, -0.2) is 21.6 Å². The van der Waals surface area contributed by atoms with Gasteiger partial charge in [-0.05, 0) is 36.4 Å². The lowest BCUT2D eigenvalue weighted by Gasteiger charge is -2.35. The van der Waals surface area contributed by atoms with Crippen LogP contribution in [0.3, 0.4) is 0 Å². The van der Waals surface area contributed by atoms with Crippen molar-refractivity contribution in [3.63, 3.8) is 0 Å². The third kappa shape index (κ3) is 3.39. The van der Waals surface area contributed by atoms with E-state index in [4.69, 9.17) is 0 Å². The largest absolute Gasteiger partial charge is 0.369 e. The number of hydrogen-bond acceptors (Lipinski definition) is 3. The summed E-state index contributed by atoms with van der Waals surface area (Å²) in [7, 11) is -3.95. The predicted octanol–water partition coefficient (Wildman–Crippen LogP) is 2.61. The summed E-state index contributed by atoms with van der Waals surface area (Å²) in [5, 5.41) is 0. The molecule has 0 N–H and O–H groups in total. The van der Waals surface area contributed by atoms with Crippen molar-refractivity contribution in [2.75, 3.05) is 31.1 Å². The Hall–Kier alpha value is -2.06. The lowest BCUT2D eigenvalue weighted by atomic mass is 10.2. The Balaban J connectivity index is 1.74. The van der Waals surface area contributed by atoms with Crippen molar-refractivity contribution in [3.8, 4) is 0 Å². The Morgan fingerprint density at radius 3 is 1.83 bits per heavy atom. The van der Waals surface area contributed by atoms with Crippen molar-refractivity contribution in [2.45, 2.75) is 4.90 Å². The molecule has 128 valence electrons. The van der Waals surface area contributed by atoms with E-state index in [0.717, 1.165) is 17.8 Å². The normalized spacial score (nSPS) is 16.4. The van der Waals surface area contributed by atoms with Crippen LogP contribution in [0.4, 0.5) is 18.9 Å². The molecule has 0 saturated carbocycles. The molecule has 4 nitrogen and oxygen atoms in total. The summed E-state index contributed by atoms with van der Waals surface area (Å²) < 4.78 is 65.7. The Morgan fingerprint density at radius 1 is 0.750 bits per heavy atom. The van der Waals surface area contributed by atoms with Crippen molar-refractivity contribution in [2.24, 2.45) is 0 Å². The molecule has 0 atom stereocenters. The molecular formula is C16H15F3N2O2S. The molecule has 1 saturated heterocycles. The van der Waals surface area contributed by atoms with Crippen LogP contribution in [-0.2, 0) is 10.0 Å². The highest BCUT2D eigenvalue weighted by atomic mass is 32.2. The molecule has 1 heterocycles. The first-order valence-corrected chi connectivity index (χ1v) is 8.77. The second kappa shape index (κ2) is 6.45. The second-order valence-electron chi connectivity index (χ2n) is 5.47. The minimum absolute atomic E-state index is 0.178. The van der Waals surface area contributed by atoms with Crippen LogP contribution in [0.1, 0.15) is 0 Å². The zero-order chi connectivity index (χ0) is 17.3. The molecule has 0 radical (unpaired) electrons. The summed E-state index contributed by atoms with van der Waals surface area (Å²) in [5.74, 6) is -2.20. The SMILES string of the molecule is O=S(=O)(c1cc(F)cc(F)c1)N1CCN(c2ccc(F)cc2)CC1. The first kappa shape index (κ1) is 16.8. The van der Waals surface area contributed by atoms with Crippen molar-refractivity contribution in [3.05, 3.63) is 59.9 Å². The van der Waals surface area contributed by atoms with Crippen LogP contribution in [0.15, 0.2) is 47.4 Å². The maximum Gasteiger partial charge on any atom is 0.243 e. The summed E-state index contributed by atoms with van der Waals surface area (Å²) in [4.78, 5) is 1.53. The van der Waals surface area contributed by atoms with Crippen molar-refractivity contribution < 1.29 is 21.6 Å². The molecule has 0 bridgehead atoms. The van der Waals surface area contributed by atoms with E-state index in [1.807, 2.05) is 4.90 Å². The smallest absolute Gasteiger partial charge is 0.243 e. The molecule has 2 aromatic carbocycles. The molecule has 24 heavy (non-hydrogen) atoms. The van der Waals surface area contributed by atoms with Gasteiger partial charge in [-0.2, -0.15) is 4.31 Å². The Bertz CT molecular complexity index is 813. The number of halogens is 3. The lowest BCUT2D eigenvalue weighted by Crippen LogP contribution is -2.48. The molecule has 0 spiro atoms. The van der Waals surface area contributed by atoms with E-state index in [0.29, 0.717) is 19.2 Å². The fourth-order valence-corrected chi connectivity index (χ4v) is 4.13. The van der Waals surface area contributed by atoms with Crippen LogP contribution in [0, 0.1) is 17.5 Å². The highest BCUT2D eigenvalue weighted by Gasteiger charge is 2.29. The van der Waals surface area contributed by atoms with Crippen LogP contribution in [0.25, 0.3) is 0 Å². The third-order valence-electron chi connectivity index (χ3n) is 3.90. The summed E-state index contributed by atoms with van der Waals surface area (Å²) >= 11 is 0. The fraction of sp³-hybridized carbons (Fsp3) is 0.250. The van der Waals surface area contributed by atoms with E-state index in [9.17, 15) is 21.6 Å². The molecule has 0 aliphatic carbocycles. The van der Waals surface area contributed by atoms with Gasteiger partial charge in [0.2, 0.25) is 10.0 Å². The molecule has 1 fully saturated rings. The van der Waals surface area contributed by atoms with E-state index < -0.39 is 26.6 Å². The van der Waals surface area contributed by atoms with E-state index >= 15 is 0 Å². The van der Waals surface area contributed by atoms with Crippen LogP contribution >= 0.6 is 0 Å². The van der Waals surface area contributed by atoms with Crippen LogP contribution in [0.2, 0.25) is 0 Å². The van der Waals surface area contributed by atoms with Crippen molar-refractivity contribution >= 4 is 15.7 Å². The average molecular weight is 356 g/mol. The summed E-state index contributed by atoms with van der Waals surface area (Å²) in [5.41, 5.74) is 0.797. The van der Waals surface area contributed by atoms with Gasteiger partial charge in [0.15, 0.2) is 0 Å². The number of hydrogen-bond donors (Lipinski definition) is 0. The van der Waals surface area contributed by atoms with Gasteiger partial charge >= 0.3 is 0 Å². The van der Waals surface area contributed by atoms with Crippen LogP contribution in [0.5, 0.6) is 0 Å². The van der Waals surface area contributed by atoms with Crippen LogP contribution < -0.4 is 4.90 Å². The van der Waals surface area contributed by atoms with Crippen LogP contribution in [-0.4, -0.2) is 38.9 Å². The zero-order valence-electron chi connectivity index (χ0n) is 12.6. The van der Waals surface area contributed by atoms with Gasteiger partial charge in [0.1, 0.15) is 17.5 Å². The average Bonchev–Trinajstić information content (AvgIpc) is 2.55.